The summed E-state index contributed by atoms with van der Waals surface area (Å²) in [4.78, 5) is 11.3. The second-order valence-corrected chi connectivity index (χ2v) is 9.48. The van der Waals surface area contributed by atoms with Crippen molar-refractivity contribution in [3.8, 4) is 34.1 Å². The molecule has 0 amide bonds. The summed E-state index contributed by atoms with van der Waals surface area (Å²) in [6, 6.07) is 24.6. The van der Waals surface area contributed by atoms with Crippen LogP contribution in [0.2, 0.25) is 0 Å². The van der Waals surface area contributed by atoms with Crippen molar-refractivity contribution in [2.24, 2.45) is 0 Å². The molecule has 192 valence electrons. The summed E-state index contributed by atoms with van der Waals surface area (Å²) in [6.07, 6.45) is 3.35. The molecule has 0 unspecified atom stereocenters. The number of aromatic nitrogens is 2. The number of furan rings is 1. The van der Waals surface area contributed by atoms with Gasteiger partial charge < -0.3 is 13.9 Å². The van der Waals surface area contributed by atoms with E-state index in [4.69, 9.17) is 13.9 Å². The van der Waals surface area contributed by atoms with Gasteiger partial charge in [-0.25, -0.2) is 14.4 Å². The number of piperidine rings is 1. The van der Waals surface area contributed by atoms with Crippen LogP contribution in [0.25, 0.3) is 33.6 Å². The van der Waals surface area contributed by atoms with Crippen molar-refractivity contribution < 1.29 is 18.3 Å². The molecule has 2 aromatic heterocycles. The third kappa shape index (κ3) is 4.85. The average molecular weight is 510 g/mol. The number of hydrogen-bond acceptors (Lipinski definition) is 6. The first-order valence-corrected chi connectivity index (χ1v) is 12.8. The van der Waals surface area contributed by atoms with Crippen LogP contribution in [0.1, 0.15) is 18.4 Å². The Labute approximate surface area is 220 Å². The fourth-order valence-electron chi connectivity index (χ4n) is 5.12. The minimum Gasteiger partial charge on any atom is -0.497 e. The Morgan fingerprint density at radius 1 is 0.974 bits per heavy atom. The third-order valence-electron chi connectivity index (χ3n) is 6.94. The number of ether oxygens (including phenoxy) is 2. The summed E-state index contributed by atoms with van der Waals surface area (Å²) >= 11 is 0. The second-order valence-electron chi connectivity index (χ2n) is 9.48. The van der Waals surface area contributed by atoms with Crippen molar-refractivity contribution in [1.29, 1.82) is 0 Å². The van der Waals surface area contributed by atoms with E-state index in [1.165, 1.54) is 18.0 Å². The van der Waals surface area contributed by atoms with E-state index in [-0.39, 0.29) is 11.9 Å². The Hall–Kier alpha value is -4.23. The van der Waals surface area contributed by atoms with Crippen LogP contribution in [0.3, 0.4) is 0 Å². The standard InChI is InChI=1S/C31H28FN3O3/c1-36-23-15-13-22(14-16-23)27-28-30(33-20-34-31(28)38-29(27)25-11-5-6-12-26(25)32)37-24-10-7-17-35(19-24)18-21-8-3-2-4-9-21/h2-6,8-9,11-16,20,24H,7,10,17-19H2,1H3/t24-/m1/s1. The highest BCUT2D eigenvalue weighted by Gasteiger charge is 2.27. The van der Waals surface area contributed by atoms with Gasteiger partial charge in [0.25, 0.3) is 0 Å². The molecule has 3 heterocycles. The van der Waals surface area contributed by atoms with E-state index in [1.807, 2.05) is 30.3 Å². The molecule has 5 aromatic rings. The molecule has 1 aliphatic heterocycles. The largest absolute Gasteiger partial charge is 0.497 e. The second kappa shape index (κ2) is 10.6. The lowest BCUT2D eigenvalue weighted by atomic mass is 9.99. The number of benzene rings is 3. The average Bonchev–Trinajstić information content (AvgIpc) is 3.34. The maximum absolute atomic E-state index is 15.0. The van der Waals surface area contributed by atoms with Gasteiger partial charge in [0, 0.05) is 18.7 Å². The quantitative estimate of drug-likeness (QED) is 0.242. The lowest BCUT2D eigenvalue weighted by Crippen LogP contribution is -2.40. The van der Waals surface area contributed by atoms with Crippen LogP contribution in [0.5, 0.6) is 11.6 Å². The number of methoxy groups -OCH3 is 1. The summed E-state index contributed by atoms with van der Waals surface area (Å²) in [6.45, 7) is 2.69. The molecule has 0 bridgehead atoms. The van der Waals surface area contributed by atoms with E-state index in [9.17, 15) is 4.39 Å². The molecule has 1 atom stereocenters. The van der Waals surface area contributed by atoms with Crippen LogP contribution < -0.4 is 9.47 Å². The van der Waals surface area contributed by atoms with Gasteiger partial charge in [0.15, 0.2) is 0 Å². The molecular formula is C31H28FN3O3. The molecule has 7 heteroatoms. The first-order chi connectivity index (χ1) is 18.7. The normalized spacial score (nSPS) is 16.0. The smallest absolute Gasteiger partial charge is 0.234 e. The molecule has 1 aliphatic rings. The zero-order valence-electron chi connectivity index (χ0n) is 21.1. The van der Waals surface area contributed by atoms with E-state index in [2.05, 4.69) is 39.1 Å². The zero-order chi connectivity index (χ0) is 25.9. The van der Waals surface area contributed by atoms with Gasteiger partial charge in [0.1, 0.15) is 35.1 Å². The molecule has 0 N–H and O–H groups in total. The Morgan fingerprint density at radius 3 is 2.55 bits per heavy atom. The van der Waals surface area contributed by atoms with E-state index >= 15 is 0 Å². The lowest BCUT2D eigenvalue weighted by molar-refractivity contribution is 0.0821. The molecule has 3 aromatic carbocycles. The van der Waals surface area contributed by atoms with Crippen LogP contribution in [0.15, 0.2) is 89.6 Å². The van der Waals surface area contributed by atoms with Crippen LogP contribution in [-0.4, -0.2) is 41.2 Å². The number of halogens is 1. The van der Waals surface area contributed by atoms with Crippen LogP contribution >= 0.6 is 0 Å². The van der Waals surface area contributed by atoms with Gasteiger partial charge in [-0.2, -0.15) is 0 Å². The lowest BCUT2D eigenvalue weighted by Gasteiger charge is -2.32. The maximum Gasteiger partial charge on any atom is 0.234 e. The Morgan fingerprint density at radius 2 is 1.76 bits per heavy atom. The zero-order valence-corrected chi connectivity index (χ0v) is 21.1. The first kappa shape index (κ1) is 24.1. The summed E-state index contributed by atoms with van der Waals surface area (Å²) < 4.78 is 33.1. The van der Waals surface area contributed by atoms with Gasteiger partial charge in [0.05, 0.1) is 12.7 Å². The van der Waals surface area contributed by atoms with Crippen LogP contribution in [0, 0.1) is 5.82 Å². The SMILES string of the molecule is COc1ccc(-c2c(-c3ccccc3F)oc3ncnc(O[C@@H]4CCCN(Cc5ccccc5)C4)c23)cc1. The van der Waals surface area contributed by atoms with Crippen molar-refractivity contribution in [2.45, 2.75) is 25.5 Å². The molecule has 6 nitrogen and oxygen atoms in total. The van der Waals surface area contributed by atoms with Gasteiger partial charge in [-0.3, -0.25) is 4.90 Å². The Kier molecular flexibility index (Phi) is 6.75. The van der Waals surface area contributed by atoms with E-state index in [0.717, 1.165) is 43.8 Å². The summed E-state index contributed by atoms with van der Waals surface area (Å²) in [5, 5.41) is 0.635. The van der Waals surface area contributed by atoms with E-state index in [1.54, 1.807) is 25.3 Å². The third-order valence-corrected chi connectivity index (χ3v) is 6.94. The molecule has 1 saturated heterocycles. The van der Waals surface area contributed by atoms with Gasteiger partial charge in [-0.15, -0.1) is 0 Å². The van der Waals surface area contributed by atoms with Crippen LogP contribution in [-0.2, 0) is 6.54 Å². The number of nitrogens with zero attached hydrogens (tertiary/aromatic N) is 3. The molecule has 0 saturated carbocycles. The number of likely N-dealkylation sites (tertiary alicyclic amines) is 1. The molecule has 0 radical (unpaired) electrons. The van der Waals surface area contributed by atoms with Gasteiger partial charge >= 0.3 is 0 Å². The Bertz CT molecular complexity index is 1540. The fourth-order valence-corrected chi connectivity index (χ4v) is 5.12. The summed E-state index contributed by atoms with van der Waals surface area (Å²) in [5.74, 6) is 1.18. The molecule has 38 heavy (non-hydrogen) atoms. The highest BCUT2D eigenvalue weighted by atomic mass is 19.1. The minimum atomic E-state index is -0.374. The van der Waals surface area contributed by atoms with E-state index < -0.39 is 0 Å². The van der Waals surface area contributed by atoms with E-state index in [0.29, 0.717) is 33.9 Å². The topological polar surface area (TPSA) is 60.6 Å². The van der Waals surface area contributed by atoms with Crippen molar-refractivity contribution >= 4 is 11.1 Å². The molecule has 1 fully saturated rings. The predicted octanol–water partition coefficient (Wildman–Crippen LogP) is 6.75. The Balaban J connectivity index is 1.39. The van der Waals surface area contributed by atoms with Gasteiger partial charge in [-0.1, -0.05) is 54.6 Å². The van der Waals surface area contributed by atoms with Crippen molar-refractivity contribution in [3.05, 3.63) is 96.6 Å². The number of fused-ring (bicyclic) bond motifs is 1. The molecule has 0 spiro atoms. The monoisotopic (exact) mass is 509 g/mol. The van der Waals surface area contributed by atoms with Crippen LogP contribution in [0.4, 0.5) is 4.39 Å². The van der Waals surface area contributed by atoms with Crippen molar-refractivity contribution in [3.63, 3.8) is 0 Å². The summed E-state index contributed by atoms with van der Waals surface area (Å²) in [7, 11) is 1.62. The molecular weight excluding hydrogens is 481 g/mol. The summed E-state index contributed by atoms with van der Waals surface area (Å²) in [5.41, 5.74) is 3.52. The minimum absolute atomic E-state index is 0.0407. The number of hydrogen-bond donors (Lipinski definition) is 0. The van der Waals surface area contributed by atoms with Crippen molar-refractivity contribution in [2.75, 3.05) is 20.2 Å². The molecule has 6 rings (SSSR count). The highest BCUT2D eigenvalue weighted by molar-refractivity contribution is 6.03. The first-order valence-electron chi connectivity index (χ1n) is 12.8. The van der Waals surface area contributed by atoms with Crippen molar-refractivity contribution in [1.82, 2.24) is 14.9 Å². The predicted molar refractivity (Wildman–Crippen MR) is 145 cm³/mol. The fraction of sp³-hybridized carbons (Fsp3) is 0.226. The van der Waals surface area contributed by atoms with Gasteiger partial charge in [0.2, 0.25) is 11.6 Å². The number of rotatable bonds is 7. The highest BCUT2D eigenvalue weighted by Crippen LogP contribution is 2.44. The van der Waals surface area contributed by atoms with Gasteiger partial charge in [-0.05, 0) is 54.8 Å². The molecule has 0 aliphatic carbocycles. The maximum atomic E-state index is 15.0.